The second-order valence-electron chi connectivity index (χ2n) is 7.68. The van der Waals surface area contributed by atoms with Crippen LogP contribution in [0.2, 0.25) is 0 Å². The van der Waals surface area contributed by atoms with Crippen LogP contribution in [0.15, 0.2) is 112 Å². The van der Waals surface area contributed by atoms with Crippen molar-refractivity contribution in [3.05, 3.63) is 113 Å². The van der Waals surface area contributed by atoms with Gasteiger partial charge in [0.2, 0.25) is 10.0 Å². The van der Waals surface area contributed by atoms with Crippen molar-refractivity contribution in [1.82, 2.24) is 4.72 Å². The van der Waals surface area contributed by atoms with Gasteiger partial charge in [0.25, 0.3) is 5.91 Å². The van der Waals surface area contributed by atoms with E-state index < -0.39 is 10.0 Å². The Bertz CT molecular complexity index is 1390. The number of carbonyl (C=O) groups excluding carboxylic acids is 1. The lowest BCUT2D eigenvalue weighted by molar-refractivity contribution is -0.118. The molecule has 0 spiro atoms. The molecule has 0 radical (unpaired) electrons. The molecule has 0 aliphatic carbocycles. The molecule has 0 aromatic heterocycles. The molecule has 0 aliphatic heterocycles. The predicted molar refractivity (Wildman–Crippen MR) is 141 cm³/mol. The molecule has 0 unspecified atom stereocenters. The van der Waals surface area contributed by atoms with E-state index in [1.807, 2.05) is 78.9 Å². The van der Waals surface area contributed by atoms with E-state index in [9.17, 15) is 13.2 Å². The summed E-state index contributed by atoms with van der Waals surface area (Å²) in [4.78, 5) is 12.5. The molecular weight excluding hydrogens is 528 g/mol. The Kier molecular flexibility index (Phi) is 7.97. The van der Waals surface area contributed by atoms with Crippen LogP contribution in [-0.2, 0) is 21.4 Å². The minimum absolute atomic E-state index is 0.116. The number of amides is 1. The number of benzene rings is 4. The summed E-state index contributed by atoms with van der Waals surface area (Å²) in [6.45, 7) is 0.00283. The quantitative estimate of drug-likeness (QED) is 0.283. The zero-order valence-electron chi connectivity index (χ0n) is 18.6. The van der Waals surface area contributed by atoms with Crippen molar-refractivity contribution in [1.29, 1.82) is 0 Å². The molecule has 4 aromatic carbocycles. The third-order valence-corrected chi connectivity index (χ3v) is 7.19. The molecule has 8 heteroatoms. The number of carbonyl (C=O) groups is 1. The van der Waals surface area contributed by atoms with E-state index in [0.717, 1.165) is 21.2 Å². The first-order valence-corrected chi connectivity index (χ1v) is 13.1. The average Bonchev–Trinajstić information content (AvgIpc) is 2.88. The Labute approximate surface area is 213 Å². The lowest BCUT2D eigenvalue weighted by Crippen LogP contribution is -2.23. The van der Waals surface area contributed by atoms with E-state index in [1.165, 1.54) is 12.1 Å². The maximum absolute atomic E-state index is 12.5. The molecule has 0 fully saturated rings. The molecule has 0 aliphatic rings. The van der Waals surface area contributed by atoms with Crippen molar-refractivity contribution in [3.8, 4) is 16.9 Å². The highest BCUT2D eigenvalue weighted by Gasteiger charge is 2.14. The van der Waals surface area contributed by atoms with Gasteiger partial charge >= 0.3 is 0 Å². The summed E-state index contributed by atoms with van der Waals surface area (Å²) < 4.78 is 34.0. The van der Waals surface area contributed by atoms with Crippen LogP contribution in [0, 0.1) is 0 Å². The van der Waals surface area contributed by atoms with Crippen LogP contribution >= 0.6 is 15.9 Å². The summed E-state index contributed by atoms with van der Waals surface area (Å²) in [5.41, 5.74) is 3.45. The molecule has 178 valence electrons. The molecule has 4 rings (SSSR count). The van der Waals surface area contributed by atoms with Crippen LogP contribution in [0.1, 0.15) is 5.56 Å². The number of nitrogens with one attached hydrogen (secondary N) is 2. The third-order valence-electron chi connectivity index (χ3n) is 5.16. The zero-order valence-corrected chi connectivity index (χ0v) is 21.1. The van der Waals surface area contributed by atoms with Gasteiger partial charge in [0, 0.05) is 12.2 Å². The van der Waals surface area contributed by atoms with Gasteiger partial charge in [-0.2, -0.15) is 0 Å². The van der Waals surface area contributed by atoms with Crippen molar-refractivity contribution in [2.75, 3.05) is 11.9 Å². The van der Waals surface area contributed by atoms with Gasteiger partial charge in [0.05, 0.1) is 9.37 Å². The highest BCUT2D eigenvalue weighted by molar-refractivity contribution is 9.10. The van der Waals surface area contributed by atoms with Crippen molar-refractivity contribution >= 4 is 37.5 Å². The zero-order chi connectivity index (χ0) is 24.7. The summed E-state index contributed by atoms with van der Waals surface area (Å²) in [6.07, 6.45) is 0. The fourth-order valence-electron chi connectivity index (χ4n) is 3.34. The van der Waals surface area contributed by atoms with E-state index in [0.29, 0.717) is 11.4 Å². The number of sulfonamides is 1. The van der Waals surface area contributed by atoms with Crippen molar-refractivity contribution in [3.63, 3.8) is 0 Å². The van der Waals surface area contributed by atoms with E-state index >= 15 is 0 Å². The van der Waals surface area contributed by atoms with Gasteiger partial charge in [-0.25, -0.2) is 13.1 Å². The number of hydrogen-bond donors (Lipinski definition) is 2. The smallest absolute Gasteiger partial charge is 0.262 e. The largest absolute Gasteiger partial charge is 0.483 e. The van der Waals surface area contributed by atoms with Crippen LogP contribution < -0.4 is 14.8 Å². The lowest BCUT2D eigenvalue weighted by Gasteiger charge is -2.11. The molecule has 0 saturated carbocycles. The van der Waals surface area contributed by atoms with E-state index in [4.69, 9.17) is 4.74 Å². The summed E-state index contributed by atoms with van der Waals surface area (Å²) in [7, 11) is -3.67. The van der Waals surface area contributed by atoms with Gasteiger partial charge in [-0.05, 0) is 69.0 Å². The maximum atomic E-state index is 12.5. The summed E-state index contributed by atoms with van der Waals surface area (Å²) in [5, 5.41) is 2.71. The van der Waals surface area contributed by atoms with Crippen LogP contribution in [0.25, 0.3) is 11.1 Å². The number of hydrogen-bond acceptors (Lipinski definition) is 4. The molecule has 0 saturated heterocycles. The highest BCUT2D eigenvalue weighted by atomic mass is 79.9. The summed E-state index contributed by atoms with van der Waals surface area (Å²) in [6, 6.07) is 30.9. The molecule has 0 heterocycles. The normalized spacial score (nSPS) is 11.1. The van der Waals surface area contributed by atoms with Crippen molar-refractivity contribution in [2.45, 2.75) is 11.4 Å². The van der Waals surface area contributed by atoms with E-state index in [-0.39, 0.29) is 24.0 Å². The number of rotatable bonds is 9. The SMILES string of the molecule is O=C(COc1ccc(-c2ccccc2)cc1Br)Nc1ccc(S(=O)(=O)NCc2ccccc2)cc1. The first kappa shape index (κ1) is 24.7. The standard InChI is InChI=1S/C27H23BrN2O4S/c28-25-17-22(21-9-5-2-6-10-21)11-16-26(25)34-19-27(31)30-23-12-14-24(15-13-23)35(32,33)29-18-20-7-3-1-4-8-20/h1-17,29H,18-19H2,(H,30,31). The lowest BCUT2D eigenvalue weighted by atomic mass is 10.1. The first-order valence-electron chi connectivity index (χ1n) is 10.8. The van der Waals surface area contributed by atoms with Gasteiger partial charge in [-0.1, -0.05) is 66.7 Å². The topological polar surface area (TPSA) is 84.5 Å². The molecular formula is C27H23BrN2O4S. The highest BCUT2D eigenvalue weighted by Crippen LogP contribution is 2.30. The van der Waals surface area contributed by atoms with E-state index in [2.05, 4.69) is 26.0 Å². The fraction of sp³-hybridized carbons (Fsp3) is 0.0741. The fourth-order valence-corrected chi connectivity index (χ4v) is 4.85. The second kappa shape index (κ2) is 11.3. The maximum Gasteiger partial charge on any atom is 0.262 e. The number of anilines is 1. The molecule has 6 nitrogen and oxygen atoms in total. The van der Waals surface area contributed by atoms with Gasteiger partial charge in [-0.3, -0.25) is 4.79 Å². The Morgan fingerprint density at radius 1 is 0.800 bits per heavy atom. The first-order chi connectivity index (χ1) is 16.9. The molecule has 35 heavy (non-hydrogen) atoms. The van der Waals surface area contributed by atoms with Crippen molar-refractivity contribution in [2.24, 2.45) is 0 Å². The Hall–Kier alpha value is -3.46. The molecule has 0 bridgehead atoms. The number of halogens is 1. The third kappa shape index (κ3) is 6.79. The molecule has 0 atom stereocenters. The molecule has 1 amide bonds. The van der Waals surface area contributed by atoms with Crippen LogP contribution in [-0.4, -0.2) is 20.9 Å². The van der Waals surface area contributed by atoms with Gasteiger partial charge in [-0.15, -0.1) is 0 Å². The van der Waals surface area contributed by atoms with E-state index in [1.54, 1.807) is 12.1 Å². The van der Waals surface area contributed by atoms with Gasteiger partial charge in [0.1, 0.15) is 5.75 Å². The van der Waals surface area contributed by atoms with Crippen LogP contribution in [0.3, 0.4) is 0 Å². The minimum Gasteiger partial charge on any atom is -0.483 e. The predicted octanol–water partition coefficient (Wildman–Crippen LogP) is 5.61. The van der Waals surface area contributed by atoms with Crippen molar-refractivity contribution < 1.29 is 17.9 Å². The Morgan fingerprint density at radius 3 is 2.11 bits per heavy atom. The van der Waals surface area contributed by atoms with Crippen LogP contribution in [0.4, 0.5) is 5.69 Å². The van der Waals surface area contributed by atoms with Gasteiger partial charge < -0.3 is 10.1 Å². The Morgan fingerprint density at radius 2 is 1.46 bits per heavy atom. The van der Waals surface area contributed by atoms with Gasteiger partial charge in [0.15, 0.2) is 6.61 Å². The average molecular weight is 551 g/mol. The summed E-state index contributed by atoms with van der Waals surface area (Å²) >= 11 is 3.50. The van der Waals surface area contributed by atoms with Crippen LogP contribution in [0.5, 0.6) is 5.75 Å². The monoisotopic (exact) mass is 550 g/mol. The molecule has 4 aromatic rings. The Balaban J connectivity index is 1.31. The minimum atomic E-state index is -3.67. The summed E-state index contributed by atoms with van der Waals surface area (Å²) in [5.74, 6) is 0.188. The second-order valence-corrected chi connectivity index (χ2v) is 10.3. The molecule has 2 N–H and O–H groups in total. The number of ether oxygens (including phenoxy) is 1.